The largest absolute Gasteiger partial charge is 0.357 e. The molecule has 0 radical (unpaired) electrons. The normalized spacial score (nSPS) is 12.1. The van der Waals surface area contributed by atoms with Crippen LogP contribution in [0.25, 0.3) is 5.65 Å². The van der Waals surface area contributed by atoms with Crippen LogP contribution < -0.4 is 10.6 Å². The van der Waals surface area contributed by atoms with Crippen LogP contribution in [0.3, 0.4) is 0 Å². The van der Waals surface area contributed by atoms with E-state index in [9.17, 15) is 0 Å². The lowest BCUT2D eigenvalue weighted by atomic mass is 9.87. The molecule has 27 heavy (non-hydrogen) atoms. The highest BCUT2D eigenvalue weighted by molar-refractivity contribution is 14.0. The molecular formula is C20H35IN6. The first-order valence-corrected chi connectivity index (χ1v) is 9.86. The fourth-order valence-electron chi connectivity index (χ4n) is 2.92. The molecule has 2 heterocycles. The van der Waals surface area contributed by atoms with E-state index in [-0.39, 0.29) is 29.4 Å². The molecule has 0 aliphatic heterocycles. The van der Waals surface area contributed by atoms with Gasteiger partial charge in [0.15, 0.2) is 11.6 Å². The van der Waals surface area contributed by atoms with Crippen molar-refractivity contribution in [1.82, 2.24) is 25.2 Å². The molecule has 0 amide bonds. The van der Waals surface area contributed by atoms with Gasteiger partial charge in [-0.05, 0) is 30.9 Å². The van der Waals surface area contributed by atoms with Crippen molar-refractivity contribution in [3.8, 4) is 0 Å². The molecule has 0 aromatic carbocycles. The molecule has 0 saturated heterocycles. The van der Waals surface area contributed by atoms with Crippen molar-refractivity contribution in [2.24, 2.45) is 10.4 Å². The Bertz CT molecular complexity index is 695. The Balaban J connectivity index is 0.00000364. The van der Waals surface area contributed by atoms with Gasteiger partial charge in [-0.2, -0.15) is 0 Å². The van der Waals surface area contributed by atoms with Crippen LogP contribution in [0.15, 0.2) is 29.4 Å². The highest BCUT2D eigenvalue weighted by Gasteiger charge is 2.17. The fourth-order valence-corrected chi connectivity index (χ4v) is 2.92. The highest BCUT2D eigenvalue weighted by atomic mass is 127. The molecule has 0 aliphatic carbocycles. The Hall–Kier alpha value is -1.38. The average Bonchev–Trinajstić information content (AvgIpc) is 3.03. The zero-order valence-electron chi connectivity index (χ0n) is 17.2. The number of aliphatic imine (C=N–C) groups is 1. The van der Waals surface area contributed by atoms with E-state index in [4.69, 9.17) is 4.99 Å². The number of fused-ring (bicyclic) bond motifs is 1. The van der Waals surface area contributed by atoms with Crippen LogP contribution in [0.5, 0.6) is 0 Å². The third-order valence-electron chi connectivity index (χ3n) is 4.49. The second-order valence-electron chi connectivity index (χ2n) is 7.54. The molecule has 2 aromatic rings. The number of unbranched alkanes of at least 4 members (excludes halogenated alkanes) is 2. The predicted molar refractivity (Wildman–Crippen MR) is 124 cm³/mol. The van der Waals surface area contributed by atoms with Gasteiger partial charge < -0.3 is 10.6 Å². The molecule has 7 heteroatoms. The molecule has 0 fully saturated rings. The van der Waals surface area contributed by atoms with E-state index < -0.39 is 0 Å². The molecule has 6 nitrogen and oxygen atoms in total. The van der Waals surface area contributed by atoms with Crippen molar-refractivity contribution in [3.63, 3.8) is 0 Å². The third-order valence-corrected chi connectivity index (χ3v) is 4.49. The summed E-state index contributed by atoms with van der Waals surface area (Å²) in [6.45, 7) is 11.4. The van der Waals surface area contributed by atoms with E-state index >= 15 is 0 Å². The van der Waals surface area contributed by atoms with E-state index in [0.717, 1.165) is 43.5 Å². The number of pyridine rings is 1. The van der Waals surface area contributed by atoms with Gasteiger partial charge in [-0.3, -0.25) is 9.39 Å². The minimum Gasteiger partial charge on any atom is -0.357 e. The number of hydrogen-bond donors (Lipinski definition) is 2. The molecule has 0 aliphatic rings. The van der Waals surface area contributed by atoms with Gasteiger partial charge in [0.05, 0.1) is 0 Å². The number of hydrogen-bond acceptors (Lipinski definition) is 3. The van der Waals surface area contributed by atoms with Gasteiger partial charge in [-0.1, -0.05) is 46.1 Å². The summed E-state index contributed by atoms with van der Waals surface area (Å²) in [6, 6.07) is 5.94. The Morgan fingerprint density at radius 2 is 1.96 bits per heavy atom. The lowest BCUT2D eigenvalue weighted by molar-refractivity contribution is 0.332. The molecular weight excluding hydrogens is 451 g/mol. The van der Waals surface area contributed by atoms with E-state index in [1.165, 1.54) is 25.7 Å². The summed E-state index contributed by atoms with van der Waals surface area (Å²) in [7, 11) is 0. The summed E-state index contributed by atoms with van der Waals surface area (Å²) in [6.07, 6.45) is 7.87. The number of rotatable bonds is 10. The van der Waals surface area contributed by atoms with Gasteiger partial charge in [-0.25, -0.2) is 0 Å². The third kappa shape index (κ3) is 8.02. The van der Waals surface area contributed by atoms with Crippen LogP contribution in [0.4, 0.5) is 0 Å². The molecule has 0 spiro atoms. The SMILES string of the molecule is CCCCCC(C)(C)CN=C(NCC)NCCc1nnc2ccccn12.I. The molecule has 0 bridgehead atoms. The van der Waals surface area contributed by atoms with Crippen LogP contribution in [0.2, 0.25) is 0 Å². The minimum absolute atomic E-state index is 0. The summed E-state index contributed by atoms with van der Waals surface area (Å²) < 4.78 is 2.03. The smallest absolute Gasteiger partial charge is 0.191 e. The molecule has 0 unspecified atom stereocenters. The number of nitrogens with zero attached hydrogens (tertiary/aromatic N) is 4. The molecule has 2 N–H and O–H groups in total. The van der Waals surface area contributed by atoms with Crippen LogP contribution in [-0.2, 0) is 6.42 Å². The van der Waals surface area contributed by atoms with Gasteiger partial charge >= 0.3 is 0 Å². The van der Waals surface area contributed by atoms with Gasteiger partial charge in [0.25, 0.3) is 0 Å². The minimum atomic E-state index is 0. The first-order valence-electron chi connectivity index (χ1n) is 9.86. The van der Waals surface area contributed by atoms with Crippen molar-refractivity contribution in [3.05, 3.63) is 30.2 Å². The summed E-state index contributed by atoms with van der Waals surface area (Å²) in [5.74, 6) is 1.84. The highest BCUT2D eigenvalue weighted by Crippen LogP contribution is 2.23. The Kier molecular flexibility index (Phi) is 10.6. The zero-order chi connectivity index (χ0) is 18.8. The maximum absolute atomic E-state index is 4.80. The fraction of sp³-hybridized carbons (Fsp3) is 0.650. The lowest BCUT2D eigenvalue weighted by Gasteiger charge is -2.23. The molecule has 2 aromatic heterocycles. The summed E-state index contributed by atoms with van der Waals surface area (Å²) in [4.78, 5) is 4.80. The monoisotopic (exact) mass is 486 g/mol. The topological polar surface area (TPSA) is 66.6 Å². The second-order valence-corrected chi connectivity index (χ2v) is 7.54. The summed E-state index contributed by atoms with van der Waals surface area (Å²) >= 11 is 0. The Morgan fingerprint density at radius 1 is 1.15 bits per heavy atom. The summed E-state index contributed by atoms with van der Waals surface area (Å²) in [5.41, 5.74) is 1.12. The van der Waals surface area contributed by atoms with Gasteiger partial charge in [0, 0.05) is 32.3 Å². The van der Waals surface area contributed by atoms with Crippen LogP contribution >= 0.6 is 24.0 Å². The first-order chi connectivity index (χ1) is 12.6. The van der Waals surface area contributed by atoms with E-state index in [1.54, 1.807) is 0 Å². The number of nitrogens with one attached hydrogen (secondary N) is 2. The van der Waals surface area contributed by atoms with Crippen molar-refractivity contribution in [2.75, 3.05) is 19.6 Å². The lowest BCUT2D eigenvalue weighted by Crippen LogP contribution is -2.39. The average molecular weight is 486 g/mol. The first kappa shape index (κ1) is 23.7. The van der Waals surface area contributed by atoms with Gasteiger partial charge in [0.1, 0.15) is 5.82 Å². The standard InChI is InChI=1S/C20H34N6.HI/c1-5-7-9-13-20(3,4)16-23-19(21-6-2)22-14-12-18-25-24-17-11-8-10-15-26(17)18;/h8,10-11,15H,5-7,9,12-14,16H2,1-4H3,(H2,21,22,23);1H. The summed E-state index contributed by atoms with van der Waals surface area (Å²) in [5, 5.41) is 15.2. The van der Waals surface area contributed by atoms with Crippen molar-refractivity contribution in [2.45, 2.75) is 59.8 Å². The predicted octanol–water partition coefficient (Wildman–Crippen LogP) is 4.05. The zero-order valence-corrected chi connectivity index (χ0v) is 19.5. The van der Waals surface area contributed by atoms with E-state index in [1.807, 2.05) is 28.8 Å². The Labute approximate surface area is 180 Å². The molecule has 152 valence electrons. The quantitative estimate of drug-likeness (QED) is 0.230. The van der Waals surface area contributed by atoms with Gasteiger partial charge in [-0.15, -0.1) is 34.2 Å². The maximum atomic E-state index is 4.80. The van der Waals surface area contributed by atoms with Crippen molar-refractivity contribution >= 4 is 35.6 Å². The van der Waals surface area contributed by atoms with Gasteiger partial charge in [0.2, 0.25) is 0 Å². The molecule has 0 saturated carbocycles. The van der Waals surface area contributed by atoms with Crippen molar-refractivity contribution < 1.29 is 0 Å². The van der Waals surface area contributed by atoms with Crippen LogP contribution in [0.1, 0.15) is 59.2 Å². The number of aromatic nitrogens is 3. The second kappa shape index (κ2) is 12.2. The number of guanidine groups is 1. The van der Waals surface area contributed by atoms with E-state index in [0.29, 0.717) is 0 Å². The van der Waals surface area contributed by atoms with Crippen LogP contribution in [-0.4, -0.2) is 40.2 Å². The Morgan fingerprint density at radius 3 is 2.70 bits per heavy atom. The number of halogens is 1. The maximum Gasteiger partial charge on any atom is 0.191 e. The van der Waals surface area contributed by atoms with Crippen molar-refractivity contribution in [1.29, 1.82) is 0 Å². The van der Waals surface area contributed by atoms with E-state index in [2.05, 4.69) is 48.5 Å². The van der Waals surface area contributed by atoms with Crippen LogP contribution in [0, 0.1) is 5.41 Å². The molecule has 2 rings (SSSR count). The molecule has 0 atom stereocenters.